The molecular weight excluding hydrogens is 132 g/mol. The zero-order valence-corrected chi connectivity index (χ0v) is 7.64. The van der Waals surface area contributed by atoms with Gasteiger partial charge in [0.1, 0.15) is 0 Å². The Morgan fingerprint density at radius 3 is 2.64 bits per heavy atom. The summed E-state index contributed by atoms with van der Waals surface area (Å²) in [5.74, 6) is 0. The molecule has 0 fully saturated rings. The molecule has 0 amide bonds. The zero-order valence-electron chi connectivity index (χ0n) is 7.64. The van der Waals surface area contributed by atoms with Gasteiger partial charge in [0.2, 0.25) is 0 Å². The maximum absolute atomic E-state index is 3.69. The summed E-state index contributed by atoms with van der Waals surface area (Å²) in [6.07, 6.45) is 11.8. The number of hydrogen-bond donors (Lipinski definition) is 0. The minimum atomic E-state index is 1.02. The van der Waals surface area contributed by atoms with Crippen molar-refractivity contribution in [3.8, 4) is 0 Å². The molecular formula is C11H18. The van der Waals surface area contributed by atoms with Gasteiger partial charge in [-0.2, -0.15) is 0 Å². The fraction of sp³-hybridized carbons (Fsp3) is 0.455. The number of hydrogen-bond acceptors (Lipinski definition) is 0. The molecule has 11 heavy (non-hydrogen) atoms. The molecule has 0 rings (SSSR count). The molecule has 0 aliphatic rings. The van der Waals surface area contributed by atoms with Crippen LogP contribution in [0.3, 0.4) is 0 Å². The molecule has 0 heteroatoms. The second kappa shape index (κ2) is 7.33. The summed E-state index contributed by atoms with van der Waals surface area (Å²) >= 11 is 0. The fourth-order valence-corrected chi connectivity index (χ4v) is 0.904. The molecule has 0 aromatic carbocycles. The van der Waals surface area contributed by atoms with Crippen molar-refractivity contribution in [1.29, 1.82) is 0 Å². The Kier molecular flexibility index (Phi) is 6.81. The SMILES string of the molecule is C=CC/C(C)=C\CC/C=C/C. The number of allylic oxidation sites excluding steroid dienone is 5. The van der Waals surface area contributed by atoms with E-state index in [2.05, 4.69) is 38.7 Å². The Morgan fingerprint density at radius 1 is 1.36 bits per heavy atom. The highest BCUT2D eigenvalue weighted by Gasteiger charge is 1.83. The molecule has 0 aromatic heterocycles. The molecule has 0 aliphatic carbocycles. The van der Waals surface area contributed by atoms with Gasteiger partial charge in [0.15, 0.2) is 0 Å². The second-order valence-electron chi connectivity index (χ2n) is 2.69. The highest BCUT2D eigenvalue weighted by Crippen LogP contribution is 2.03. The van der Waals surface area contributed by atoms with Gasteiger partial charge in [0.05, 0.1) is 0 Å². The van der Waals surface area contributed by atoms with Gasteiger partial charge in [0, 0.05) is 0 Å². The minimum Gasteiger partial charge on any atom is -0.103 e. The van der Waals surface area contributed by atoms with Gasteiger partial charge in [-0.05, 0) is 33.1 Å². The molecule has 0 unspecified atom stereocenters. The standard InChI is InChI=1S/C11H18/c1-4-6-7-8-10-11(3)9-5-2/h4-6,10H,2,7-9H2,1,3H3/b6-4+,11-10-. The maximum atomic E-state index is 3.69. The lowest BCUT2D eigenvalue weighted by Gasteiger charge is -1.93. The topological polar surface area (TPSA) is 0 Å². The quantitative estimate of drug-likeness (QED) is 0.412. The van der Waals surface area contributed by atoms with Gasteiger partial charge in [-0.15, -0.1) is 6.58 Å². The predicted octanol–water partition coefficient (Wildman–Crippen LogP) is 3.87. The van der Waals surface area contributed by atoms with Crippen molar-refractivity contribution in [2.24, 2.45) is 0 Å². The zero-order chi connectivity index (χ0) is 8.53. The van der Waals surface area contributed by atoms with E-state index in [4.69, 9.17) is 0 Å². The van der Waals surface area contributed by atoms with Crippen molar-refractivity contribution in [2.75, 3.05) is 0 Å². The third-order valence-electron chi connectivity index (χ3n) is 1.53. The lowest BCUT2D eigenvalue weighted by Crippen LogP contribution is -1.72. The van der Waals surface area contributed by atoms with Gasteiger partial charge in [-0.3, -0.25) is 0 Å². The Balaban J connectivity index is 3.47. The van der Waals surface area contributed by atoms with Crippen LogP contribution in [0.5, 0.6) is 0 Å². The Bertz CT molecular complexity index is 149. The van der Waals surface area contributed by atoms with Crippen molar-refractivity contribution in [2.45, 2.75) is 33.1 Å². The summed E-state index contributed by atoms with van der Waals surface area (Å²) in [6.45, 7) is 7.90. The molecule has 0 atom stereocenters. The van der Waals surface area contributed by atoms with Gasteiger partial charge in [0.25, 0.3) is 0 Å². The van der Waals surface area contributed by atoms with E-state index in [1.54, 1.807) is 0 Å². The van der Waals surface area contributed by atoms with Crippen LogP contribution in [0.4, 0.5) is 0 Å². The smallest absolute Gasteiger partial charge is 0.0144 e. The van der Waals surface area contributed by atoms with Gasteiger partial charge < -0.3 is 0 Å². The molecule has 0 N–H and O–H groups in total. The van der Waals surface area contributed by atoms with E-state index in [-0.39, 0.29) is 0 Å². The van der Waals surface area contributed by atoms with E-state index in [9.17, 15) is 0 Å². The molecule has 0 aromatic rings. The largest absolute Gasteiger partial charge is 0.103 e. The van der Waals surface area contributed by atoms with Gasteiger partial charge >= 0.3 is 0 Å². The summed E-state index contributed by atoms with van der Waals surface area (Å²) < 4.78 is 0. The van der Waals surface area contributed by atoms with Crippen LogP contribution in [0.25, 0.3) is 0 Å². The molecule has 0 nitrogen and oxygen atoms in total. The number of rotatable bonds is 5. The van der Waals surface area contributed by atoms with Crippen LogP contribution in [0.1, 0.15) is 33.1 Å². The van der Waals surface area contributed by atoms with Crippen molar-refractivity contribution in [3.05, 3.63) is 36.5 Å². The first kappa shape index (κ1) is 10.2. The lowest BCUT2D eigenvalue weighted by atomic mass is 10.1. The molecule has 0 aliphatic heterocycles. The van der Waals surface area contributed by atoms with E-state index in [0.29, 0.717) is 0 Å². The fourth-order valence-electron chi connectivity index (χ4n) is 0.904. The lowest BCUT2D eigenvalue weighted by molar-refractivity contribution is 1.02. The van der Waals surface area contributed by atoms with E-state index in [1.165, 1.54) is 5.57 Å². The van der Waals surface area contributed by atoms with Crippen LogP contribution in [0.15, 0.2) is 36.5 Å². The van der Waals surface area contributed by atoms with Crippen LogP contribution < -0.4 is 0 Å². The Labute approximate surface area is 70.3 Å². The molecule has 0 radical (unpaired) electrons. The average molecular weight is 150 g/mol. The second-order valence-corrected chi connectivity index (χ2v) is 2.69. The number of unbranched alkanes of at least 4 members (excludes halogenated alkanes) is 1. The van der Waals surface area contributed by atoms with Crippen LogP contribution in [0, 0.1) is 0 Å². The van der Waals surface area contributed by atoms with Gasteiger partial charge in [-0.25, -0.2) is 0 Å². The molecule has 0 spiro atoms. The summed E-state index contributed by atoms with van der Waals surface area (Å²) in [4.78, 5) is 0. The third kappa shape index (κ3) is 7.11. The van der Waals surface area contributed by atoms with E-state index < -0.39 is 0 Å². The van der Waals surface area contributed by atoms with Crippen LogP contribution >= 0.6 is 0 Å². The molecule has 62 valence electrons. The van der Waals surface area contributed by atoms with Gasteiger partial charge in [-0.1, -0.05) is 29.9 Å². The molecule has 0 bridgehead atoms. The third-order valence-corrected chi connectivity index (χ3v) is 1.53. The molecule has 0 saturated heterocycles. The highest BCUT2D eigenvalue weighted by molar-refractivity contribution is 5.03. The van der Waals surface area contributed by atoms with E-state index in [0.717, 1.165) is 19.3 Å². The Hall–Kier alpha value is -0.780. The first-order valence-corrected chi connectivity index (χ1v) is 4.19. The summed E-state index contributed by atoms with van der Waals surface area (Å²) in [5, 5.41) is 0. The first-order valence-electron chi connectivity index (χ1n) is 4.19. The molecule has 0 heterocycles. The van der Waals surface area contributed by atoms with Crippen LogP contribution in [-0.2, 0) is 0 Å². The summed E-state index contributed by atoms with van der Waals surface area (Å²) in [6, 6.07) is 0. The van der Waals surface area contributed by atoms with E-state index in [1.807, 2.05) is 6.08 Å². The monoisotopic (exact) mass is 150 g/mol. The summed E-state index contributed by atoms with van der Waals surface area (Å²) in [5.41, 5.74) is 1.42. The first-order chi connectivity index (χ1) is 5.31. The van der Waals surface area contributed by atoms with Crippen molar-refractivity contribution >= 4 is 0 Å². The van der Waals surface area contributed by atoms with Crippen molar-refractivity contribution < 1.29 is 0 Å². The minimum absolute atomic E-state index is 1.02. The van der Waals surface area contributed by atoms with E-state index >= 15 is 0 Å². The Morgan fingerprint density at radius 2 is 2.09 bits per heavy atom. The van der Waals surface area contributed by atoms with Crippen molar-refractivity contribution in [3.63, 3.8) is 0 Å². The molecule has 0 saturated carbocycles. The summed E-state index contributed by atoms with van der Waals surface area (Å²) in [7, 11) is 0. The van der Waals surface area contributed by atoms with Crippen molar-refractivity contribution in [1.82, 2.24) is 0 Å². The average Bonchev–Trinajstić information content (AvgIpc) is 1.99. The predicted molar refractivity (Wildman–Crippen MR) is 52.6 cm³/mol. The maximum Gasteiger partial charge on any atom is -0.0144 e. The highest BCUT2D eigenvalue weighted by atomic mass is 13.9. The normalized spacial score (nSPS) is 12.4. The van der Waals surface area contributed by atoms with Crippen LogP contribution in [-0.4, -0.2) is 0 Å². The van der Waals surface area contributed by atoms with Crippen LogP contribution in [0.2, 0.25) is 0 Å².